The van der Waals surface area contributed by atoms with Crippen molar-refractivity contribution >= 4 is 62.4 Å². The Labute approximate surface area is 242 Å². The van der Waals surface area contributed by atoms with Crippen molar-refractivity contribution in [3.63, 3.8) is 0 Å². The number of anilines is 2. The highest BCUT2D eigenvalue weighted by molar-refractivity contribution is 8.01. The second kappa shape index (κ2) is 12.7. The lowest BCUT2D eigenvalue weighted by Crippen LogP contribution is -2.37. The molecule has 1 aliphatic carbocycles. The lowest BCUT2D eigenvalue weighted by Gasteiger charge is -2.23. The smallest absolute Gasteiger partial charge is 0.256 e. The van der Waals surface area contributed by atoms with Crippen LogP contribution in [0.1, 0.15) is 63.9 Å². The number of benzene rings is 3. The summed E-state index contributed by atoms with van der Waals surface area (Å²) in [6.07, 6.45) is 5.40. The van der Waals surface area contributed by atoms with Crippen LogP contribution in [0.2, 0.25) is 0 Å². The molecule has 5 rings (SSSR count). The van der Waals surface area contributed by atoms with Gasteiger partial charge in [0.1, 0.15) is 0 Å². The fourth-order valence-electron chi connectivity index (χ4n) is 4.77. The van der Waals surface area contributed by atoms with Crippen LogP contribution in [0.5, 0.6) is 0 Å². The molecule has 40 heavy (non-hydrogen) atoms. The Kier molecular flexibility index (Phi) is 8.81. The van der Waals surface area contributed by atoms with Gasteiger partial charge in [-0.2, -0.15) is 0 Å². The van der Waals surface area contributed by atoms with Crippen molar-refractivity contribution in [2.24, 2.45) is 0 Å². The number of fused-ring (bicyclic) bond motifs is 1. The largest absolute Gasteiger partial charge is 0.349 e. The van der Waals surface area contributed by atoms with Gasteiger partial charge in [0, 0.05) is 17.4 Å². The standard InChI is InChI=1S/C31H32N4O3S2/c1-19-12-13-22(16-20(19)2)32-28(36)18-39-31-35-26-15-14-23(17-27(26)40-31)34-30(38)25-11-7-6-10-24(25)29(37)33-21-8-4-3-5-9-21/h6-7,10-17,21H,3-5,8-9,18H2,1-2H3,(H,32,36)(H,33,37)(H,34,38). The maximum Gasteiger partial charge on any atom is 0.256 e. The summed E-state index contributed by atoms with van der Waals surface area (Å²) in [5.74, 6) is -0.392. The highest BCUT2D eigenvalue weighted by atomic mass is 32.2. The molecule has 1 fully saturated rings. The number of carbonyl (C=O) groups is 3. The van der Waals surface area contributed by atoms with Crippen LogP contribution in [-0.4, -0.2) is 34.5 Å². The number of hydrogen-bond acceptors (Lipinski definition) is 6. The Morgan fingerprint density at radius 3 is 2.30 bits per heavy atom. The molecule has 3 amide bonds. The number of thioether (sulfide) groups is 1. The van der Waals surface area contributed by atoms with Crippen LogP contribution in [-0.2, 0) is 4.79 Å². The van der Waals surface area contributed by atoms with E-state index >= 15 is 0 Å². The Balaban J connectivity index is 1.21. The Bertz CT molecular complexity index is 1560. The minimum atomic E-state index is -0.337. The van der Waals surface area contributed by atoms with Gasteiger partial charge in [0.05, 0.1) is 27.1 Å². The van der Waals surface area contributed by atoms with Crippen LogP contribution in [0.3, 0.4) is 0 Å². The normalized spacial score (nSPS) is 13.7. The van der Waals surface area contributed by atoms with E-state index in [1.807, 2.05) is 44.2 Å². The van der Waals surface area contributed by atoms with Crippen molar-refractivity contribution in [1.82, 2.24) is 10.3 Å². The number of nitrogens with zero attached hydrogens (tertiary/aromatic N) is 1. The number of rotatable bonds is 8. The molecule has 7 nitrogen and oxygen atoms in total. The third kappa shape index (κ3) is 6.89. The number of nitrogens with one attached hydrogen (secondary N) is 3. The predicted molar refractivity (Wildman–Crippen MR) is 164 cm³/mol. The van der Waals surface area contributed by atoms with Crippen molar-refractivity contribution in [2.45, 2.75) is 56.3 Å². The van der Waals surface area contributed by atoms with Crippen LogP contribution >= 0.6 is 23.1 Å². The summed E-state index contributed by atoms with van der Waals surface area (Å²) < 4.78 is 1.68. The maximum atomic E-state index is 13.2. The maximum absolute atomic E-state index is 13.2. The monoisotopic (exact) mass is 572 g/mol. The van der Waals surface area contributed by atoms with E-state index in [1.54, 1.807) is 30.3 Å². The minimum absolute atomic E-state index is 0.0911. The van der Waals surface area contributed by atoms with Crippen molar-refractivity contribution in [3.8, 4) is 0 Å². The number of carbonyl (C=O) groups excluding carboxylic acids is 3. The van der Waals surface area contributed by atoms with Crippen LogP contribution in [0.15, 0.2) is 65.0 Å². The first-order valence-electron chi connectivity index (χ1n) is 13.5. The molecule has 0 atom stereocenters. The van der Waals surface area contributed by atoms with Gasteiger partial charge in [-0.1, -0.05) is 49.2 Å². The first-order valence-corrected chi connectivity index (χ1v) is 15.3. The second-order valence-electron chi connectivity index (χ2n) is 10.1. The van der Waals surface area contributed by atoms with E-state index in [0.717, 1.165) is 51.5 Å². The third-order valence-corrected chi connectivity index (χ3v) is 9.26. The van der Waals surface area contributed by atoms with Gasteiger partial charge >= 0.3 is 0 Å². The average molecular weight is 573 g/mol. The van der Waals surface area contributed by atoms with E-state index in [2.05, 4.69) is 20.9 Å². The van der Waals surface area contributed by atoms with Gasteiger partial charge in [-0.05, 0) is 80.3 Å². The van der Waals surface area contributed by atoms with Crippen molar-refractivity contribution in [3.05, 3.63) is 82.9 Å². The van der Waals surface area contributed by atoms with Gasteiger partial charge in [-0.25, -0.2) is 4.98 Å². The van der Waals surface area contributed by atoms with Crippen LogP contribution in [0.4, 0.5) is 11.4 Å². The Morgan fingerprint density at radius 2 is 1.55 bits per heavy atom. The quantitative estimate of drug-likeness (QED) is 0.198. The van der Waals surface area contributed by atoms with Gasteiger partial charge in [0.2, 0.25) is 5.91 Å². The molecule has 0 saturated heterocycles. The second-order valence-corrected chi connectivity index (χ2v) is 12.4. The zero-order chi connectivity index (χ0) is 28.1. The van der Waals surface area contributed by atoms with E-state index in [-0.39, 0.29) is 29.5 Å². The summed E-state index contributed by atoms with van der Waals surface area (Å²) in [7, 11) is 0. The molecule has 1 heterocycles. The van der Waals surface area contributed by atoms with E-state index < -0.39 is 0 Å². The Morgan fingerprint density at radius 1 is 0.850 bits per heavy atom. The summed E-state index contributed by atoms with van der Waals surface area (Å²) in [5.41, 5.74) is 5.23. The van der Waals surface area contributed by atoms with Crippen molar-refractivity contribution in [2.75, 3.05) is 16.4 Å². The minimum Gasteiger partial charge on any atom is -0.349 e. The van der Waals surface area contributed by atoms with E-state index in [9.17, 15) is 14.4 Å². The summed E-state index contributed by atoms with van der Waals surface area (Å²) in [6.45, 7) is 4.06. The molecule has 206 valence electrons. The number of amides is 3. The van der Waals surface area contributed by atoms with Crippen LogP contribution in [0, 0.1) is 13.8 Å². The van der Waals surface area contributed by atoms with Gasteiger partial charge < -0.3 is 16.0 Å². The van der Waals surface area contributed by atoms with Gasteiger partial charge in [-0.3, -0.25) is 14.4 Å². The topological polar surface area (TPSA) is 100 Å². The summed E-state index contributed by atoms with van der Waals surface area (Å²) in [4.78, 5) is 43.3. The molecule has 0 bridgehead atoms. The molecule has 0 aliphatic heterocycles. The van der Waals surface area contributed by atoms with E-state index in [1.165, 1.54) is 35.1 Å². The lowest BCUT2D eigenvalue weighted by atomic mass is 9.95. The highest BCUT2D eigenvalue weighted by Gasteiger charge is 2.21. The average Bonchev–Trinajstić information content (AvgIpc) is 3.37. The molecule has 0 spiro atoms. The molecule has 4 aromatic rings. The van der Waals surface area contributed by atoms with Gasteiger partial charge in [0.15, 0.2) is 4.34 Å². The van der Waals surface area contributed by atoms with Crippen molar-refractivity contribution < 1.29 is 14.4 Å². The summed E-state index contributed by atoms with van der Waals surface area (Å²) in [6, 6.07) is 18.4. The number of aryl methyl sites for hydroxylation is 2. The number of hydrogen-bond donors (Lipinski definition) is 3. The first kappa shape index (κ1) is 27.9. The SMILES string of the molecule is Cc1ccc(NC(=O)CSc2nc3ccc(NC(=O)c4ccccc4C(=O)NC4CCCCC4)cc3s2)cc1C. The fourth-order valence-corrected chi connectivity index (χ4v) is 6.68. The molecule has 1 aliphatic rings. The lowest BCUT2D eigenvalue weighted by molar-refractivity contribution is -0.113. The molecule has 3 N–H and O–H groups in total. The summed E-state index contributed by atoms with van der Waals surface area (Å²) in [5, 5.41) is 8.97. The summed E-state index contributed by atoms with van der Waals surface area (Å²) >= 11 is 2.85. The number of thiazole rings is 1. The zero-order valence-electron chi connectivity index (χ0n) is 22.6. The zero-order valence-corrected chi connectivity index (χ0v) is 24.2. The predicted octanol–water partition coefficient (Wildman–Crippen LogP) is 6.96. The molecule has 1 saturated carbocycles. The van der Waals surface area contributed by atoms with E-state index in [0.29, 0.717) is 16.8 Å². The Hall–Kier alpha value is -3.69. The van der Waals surface area contributed by atoms with Gasteiger partial charge in [-0.15, -0.1) is 11.3 Å². The molecule has 9 heteroatoms. The third-order valence-electron chi connectivity index (χ3n) is 7.10. The van der Waals surface area contributed by atoms with Crippen molar-refractivity contribution in [1.29, 1.82) is 0 Å². The molecule has 1 aromatic heterocycles. The highest BCUT2D eigenvalue weighted by Crippen LogP contribution is 2.31. The van der Waals surface area contributed by atoms with Gasteiger partial charge in [0.25, 0.3) is 11.8 Å². The van der Waals surface area contributed by atoms with Crippen LogP contribution in [0.25, 0.3) is 10.2 Å². The fraction of sp³-hybridized carbons (Fsp3) is 0.290. The molecular formula is C31H32N4O3S2. The van der Waals surface area contributed by atoms with E-state index in [4.69, 9.17) is 0 Å². The molecule has 0 unspecified atom stereocenters. The molecular weight excluding hydrogens is 541 g/mol. The van der Waals surface area contributed by atoms with Crippen LogP contribution < -0.4 is 16.0 Å². The molecule has 3 aromatic carbocycles. The molecule has 0 radical (unpaired) electrons. The first-order chi connectivity index (χ1) is 19.4. The number of aromatic nitrogens is 1.